The maximum atomic E-state index is 15.0. The van der Waals surface area contributed by atoms with E-state index in [1.54, 1.807) is 5.32 Å². The van der Waals surface area contributed by atoms with Crippen LogP contribution in [-0.2, 0) is 11.0 Å². The van der Waals surface area contributed by atoms with Gasteiger partial charge in [0.1, 0.15) is 23.8 Å². The highest BCUT2D eigenvalue weighted by molar-refractivity contribution is 6.31. The number of carbonyl (C=O) groups is 2. The molecule has 1 saturated carbocycles. The Kier molecular flexibility index (Phi) is 8.54. The Morgan fingerprint density at radius 1 is 1.00 bits per heavy atom. The first-order valence-corrected chi connectivity index (χ1v) is 11.7. The molecule has 0 spiro atoms. The fourth-order valence-corrected chi connectivity index (χ4v) is 3.89. The van der Waals surface area contributed by atoms with Gasteiger partial charge in [0.05, 0.1) is 11.1 Å². The Balaban J connectivity index is 1.94. The normalized spacial score (nSPS) is 16.4. The van der Waals surface area contributed by atoms with Crippen LogP contribution in [0.25, 0.3) is 5.83 Å². The molecule has 4 nitrogen and oxygen atoms in total. The molecule has 1 fully saturated rings. The molecule has 2 N–H and O–H groups in total. The first-order valence-electron chi connectivity index (χ1n) is 11.3. The third-order valence-corrected chi connectivity index (χ3v) is 6.46. The van der Waals surface area contributed by atoms with Crippen LogP contribution in [0.3, 0.4) is 0 Å². The number of halogens is 11. The molecule has 1 aliphatic carbocycles. The maximum Gasteiger partial charge on any atom is 0.417 e. The molecule has 0 bridgehead atoms. The van der Waals surface area contributed by atoms with Gasteiger partial charge in [-0.3, -0.25) is 9.59 Å². The van der Waals surface area contributed by atoms with E-state index in [1.807, 2.05) is 5.32 Å². The molecule has 0 radical (unpaired) electrons. The number of benzene rings is 2. The number of rotatable bonds is 7. The van der Waals surface area contributed by atoms with Crippen molar-refractivity contribution in [3.8, 4) is 0 Å². The molecular weight excluding hydrogens is 586 g/mol. The largest absolute Gasteiger partial charge is 0.417 e. The molecule has 0 saturated heterocycles. The Morgan fingerprint density at radius 2 is 1.62 bits per heavy atom. The third-order valence-electron chi connectivity index (χ3n) is 6.04. The minimum Gasteiger partial charge on any atom is -0.345 e. The third kappa shape index (κ3) is 7.46. The van der Waals surface area contributed by atoms with Crippen LogP contribution < -0.4 is 10.6 Å². The molecular formula is C25H19ClF10N2O2. The number of hydrogen-bond donors (Lipinski definition) is 2. The van der Waals surface area contributed by atoms with Crippen molar-refractivity contribution >= 4 is 29.2 Å². The van der Waals surface area contributed by atoms with Crippen molar-refractivity contribution in [1.82, 2.24) is 10.6 Å². The smallest absolute Gasteiger partial charge is 0.345 e. The van der Waals surface area contributed by atoms with Crippen LogP contribution in [0.5, 0.6) is 0 Å². The van der Waals surface area contributed by atoms with Gasteiger partial charge in [-0.05, 0) is 55.2 Å². The molecule has 2 amide bonds. The van der Waals surface area contributed by atoms with Crippen LogP contribution in [0.1, 0.15) is 51.4 Å². The maximum absolute atomic E-state index is 15.0. The predicted octanol–water partition coefficient (Wildman–Crippen LogP) is 7.26. The number of allylic oxidation sites excluding steroid dienone is 1. The first kappa shape index (κ1) is 31.2. The number of alkyl halides is 9. The van der Waals surface area contributed by atoms with Crippen molar-refractivity contribution in [3.05, 3.63) is 75.3 Å². The van der Waals surface area contributed by atoms with E-state index in [9.17, 15) is 53.5 Å². The summed E-state index contributed by atoms with van der Waals surface area (Å²) >= 11 is 5.82. The second kappa shape index (κ2) is 10.9. The van der Waals surface area contributed by atoms with Gasteiger partial charge in [0.15, 0.2) is 0 Å². The minimum atomic E-state index is -5.30. The van der Waals surface area contributed by atoms with Gasteiger partial charge >= 0.3 is 18.5 Å². The summed E-state index contributed by atoms with van der Waals surface area (Å²) in [6.07, 6.45) is -15.3. The Morgan fingerprint density at radius 3 is 2.12 bits per heavy atom. The Bertz CT molecular complexity index is 1330. The topological polar surface area (TPSA) is 58.2 Å². The zero-order valence-electron chi connectivity index (χ0n) is 20.2. The van der Waals surface area contributed by atoms with Crippen LogP contribution in [-0.4, -0.2) is 36.3 Å². The standard InChI is InChI=1S/C25H19ClF10N2O2/c1-12-8-13(3-5-18(12)26)16(24(31,32)33)10-19(27)14-2-4-15(17(9-14)25(34,35)36)20(39)38-22(6-7-22)21(40)37-11-23(28,29)30/h2-5,8-10,16H,6-7,11H2,1H3,(H,37,40)(H,38,39). The lowest BCUT2D eigenvalue weighted by molar-refractivity contribution is -0.140. The molecule has 2 aromatic carbocycles. The summed E-state index contributed by atoms with van der Waals surface area (Å²) < 4.78 is 135. The lowest BCUT2D eigenvalue weighted by Gasteiger charge is -2.20. The average molecular weight is 605 g/mol. The zero-order valence-corrected chi connectivity index (χ0v) is 21.0. The highest BCUT2D eigenvalue weighted by atomic mass is 35.5. The fraction of sp³-hybridized carbons (Fsp3) is 0.360. The van der Waals surface area contributed by atoms with E-state index >= 15 is 0 Å². The molecule has 3 rings (SSSR count). The van der Waals surface area contributed by atoms with Gasteiger partial charge in [-0.25, -0.2) is 4.39 Å². The molecule has 1 atom stereocenters. The average Bonchev–Trinajstić information content (AvgIpc) is 3.61. The van der Waals surface area contributed by atoms with Gasteiger partial charge in [0.2, 0.25) is 5.91 Å². The molecule has 40 heavy (non-hydrogen) atoms. The van der Waals surface area contributed by atoms with Crippen molar-refractivity contribution in [2.45, 2.75) is 49.8 Å². The van der Waals surface area contributed by atoms with Crippen LogP contribution in [0, 0.1) is 6.92 Å². The second-order valence-corrected chi connectivity index (χ2v) is 9.54. The number of aryl methyl sites for hydroxylation is 1. The van der Waals surface area contributed by atoms with E-state index in [-0.39, 0.29) is 35.6 Å². The number of carbonyl (C=O) groups excluding carboxylic acids is 2. The second-order valence-electron chi connectivity index (χ2n) is 9.13. The van der Waals surface area contributed by atoms with Gasteiger partial charge in [-0.1, -0.05) is 29.8 Å². The Labute approximate surface area is 225 Å². The fourth-order valence-electron chi connectivity index (χ4n) is 3.78. The summed E-state index contributed by atoms with van der Waals surface area (Å²) in [4.78, 5) is 24.7. The van der Waals surface area contributed by atoms with Crippen molar-refractivity contribution in [2.75, 3.05) is 6.54 Å². The van der Waals surface area contributed by atoms with E-state index in [0.717, 1.165) is 18.2 Å². The lowest BCUT2D eigenvalue weighted by atomic mass is 9.94. The van der Waals surface area contributed by atoms with Crippen molar-refractivity contribution in [3.63, 3.8) is 0 Å². The van der Waals surface area contributed by atoms with Crippen LogP contribution >= 0.6 is 11.6 Å². The summed E-state index contributed by atoms with van der Waals surface area (Å²) in [7, 11) is 0. The van der Waals surface area contributed by atoms with Gasteiger partial charge in [-0.2, -0.15) is 39.5 Å². The number of nitrogens with one attached hydrogen (secondary N) is 2. The quantitative estimate of drug-likeness (QED) is 0.327. The monoisotopic (exact) mass is 604 g/mol. The van der Waals surface area contributed by atoms with Crippen LogP contribution in [0.4, 0.5) is 43.9 Å². The molecule has 0 aromatic heterocycles. The van der Waals surface area contributed by atoms with E-state index < -0.39 is 76.4 Å². The van der Waals surface area contributed by atoms with Crippen LogP contribution in [0.2, 0.25) is 5.02 Å². The highest BCUT2D eigenvalue weighted by Crippen LogP contribution is 2.41. The first-order chi connectivity index (χ1) is 18.2. The van der Waals surface area contributed by atoms with Gasteiger partial charge in [-0.15, -0.1) is 0 Å². The van der Waals surface area contributed by atoms with Gasteiger partial charge < -0.3 is 10.6 Å². The lowest BCUT2D eigenvalue weighted by Crippen LogP contribution is -2.51. The Hall–Kier alpha value is -3.29. The molecule has 15 heteroatoms. The molecule has 1 aliphatic rings. The molecule has 218 valence electrons. The summed E-state index contributed by atoms with van der Waals surface area (Å²) in [5.41, 5.74) is -5.81. The zero-order chi connectivity index (χ0) is 30.3. The molecule has 2 aromatic rings. The van der Waals surface area contributed by atoms with E-state index in [2.05, 4.69) is 0 Å². The van der Waals surface area contributed by atoms with E-state index in [0.29, 0.717) is 12.1 Å². The highest BCUT2D eigenvalue weighted by Gasteiger charge is 2.52. The molecule has 0 aliphatic heterocycles. The predicted molar refractivity (Wildman–Crippen MR) is 124 cm³/mol. The number of amides is 2. The SMILES string of the molecule is Cc1cc(C(C=C(F)c2ccc(C(=O)NC3(C(=O)NCC(F)(F)F)CC3)c(C(F)(F)F)c2)C(F)(F)F)ccc1Cl. The van der Waals surface area contributed by atoms with Crippen molar-refractivity contribution in [2.24, 2.45) is 0 Å². The number of hydrogen-bond acceptors (Lipinski definition) is 2. The molecule has 1 unspecified atom stereocenters. The van der Waals surface area contributed by atoms with Crippen LogP contribution in [0.15, 0.2) is 42.5 Å². The van der Waals surface area contributed by atoms with Crippen molar-refractivity contribution < 1.29 is 53.5 Å². The summed E-state index contributed by atoms with van der Waals surface area (Å²) in [6.45, 7) is -0.323. The van der Waals surface area contributed by atoms with E-state index in [4.69, 9.17) is 11.6 Å². The molecule has 0 heterocycles. The van der Waals surface area contributed by atoms with E-state index in [1.165, 1.54) is 6.92 Å². The van der Waals surface area contributed by atoms with Crippen molar-refractivity contribution in [1.29, 1.82) is 0 Å². The summed E-state index contributed by atoms with van der Waals surface area (Å²) in [6, 6.07) is 4.47. The summed E-state index contributed by atoms with van der Waals surface area (Å²) in [5, 5.41) is 3.66. The van der Waals surface area contributed by atoms with Gasteiger partial charge in [0.25, 0.3) is 5.91 Å². The minimum absolute atomic E-state index is 0.0854. The summed E-state index contributed by atoms with van der Waals surface area (Å²) in [5.74, 6) is -6.97. The van der Waals surface area contributed by atoms with Gasteiger partial charge in [0, 0.05) is 10.6 Å².